The number of halogens is 1. The maximum absolute atomic E-state index is 13.6. The summed E-state index contributed by atoms with van der Waals surface area (Å²) < 4.78 is 6.52. The monoisotopic (exact) mass is 494 g/mol. The average molecular weight is 495 g/mol. The number of rotatable bonds is 4. The number of carbonyl (C=O) groups excluding carboxylic acids is 2. The maximum Gasteiger partial charge on any atom is 0.254 e. The van der Waals surface area contributed by atoms with Crippen LogP contribution in [0.15, 0.2) is 75.5 Å². The van der Waals surface area contributed by atoms with Gasteiger partial charge >= 0.3 is 0 Å². The molecular weight excluding hydrogens is 468 g/mol. The molecule has 6 heteroatoms. The lowest BCUT2D eigenvalue weighted by molar-refractivity contribution is -0.118. The van der Waals surface area contributed by atoms with Gasteiger partial charge in [-0.15, -0.1) is 0 Å². The molecule has 1 aliphatic heterocycles. The summed E-state index contributed by atoms with van der Waals surface area (Å²) in [5, 5.41) is 6.40. The lowest BCUT2D eigenvalue weighted by Gasteiger charge is -2.40. The molecule has 5 nitrogen and oxygen atoms in total. The molecule has 0 aromatic heterocycles. The number of para-hydroxylation sites is 1. The van der Waals surface area contributed by atoms with Crippen molar-refractivity contribution in [1.82, 2.24) is 5.32 Å². The van der Waals surface area contributed by atoms with Crippen molar-refractivity contribution in [2.75, 3.05) is 12.4 Å². The van der Waals surface area contributed by atoms with Crippen LogP contribution in [0.1, 0.15) is 45.1 Å². The van der Waals surface area contributed by atoms with Gasteiger partial charge in [0.15, 0.2) is 5.78 Å². The van der Waals surface area contributed by atoms with Gasteiger partial charge in [0.25, 0.3) is 5.91 Å². The quantitative estimate of drug-likeness (QED) is 0.571. The second-order valence-electron chi connectivity index (χ2n) is 9.14. The lowest BCUT2D eigenvalue weighted by atomic mass is 9.68. The zero-order chi connectivity index (χ0) is 23.0. The van der Waals surface area contributed by atoms with Gasteiger partial charge in [-0.2, -0.15) is 0 Å². The predicted molar refractivity (Wildman–Crippen MR) is 129 cm³/mol. The van der Waals surface area contributed by atoms with E-state index in [4.69, 9.17) is 4.74 Å². The minimum atomic E-state index is -0.522. The molecule has 0 saturated carbocycles. The molecule has 1 aliphatic carbocycles. The SMILES string of the molecule is COc1ccc(Br)cc1[C@H]1C(C(=O)Nc2ccccc2)=C(C)NC2=C1C(=O)CC(C)(C)C2. The van der Waals surface area contributed by atoms with Crippen LogP contribution in [-0.4, -0.2) is 18.8 Å². The van der Waals surface area contributed by atoms with Gasteiger partial charge in [-0.1, -0.05) is 48.0 Å². The molecule has 1 amide bonds. The number of anilines is 1. The maximum atomic E-state index is 13.6. The number of dihydropyridines is 1. The highest BCUT2D eigenvalue weighted by atomic mass is 79.9. The van der Waals surface area contributed by atoms with Crippen LogP contribution in [0.25, 0.3) is 0 Å². The molecule has 0 radical (unpaired) electrons. The van der Waals surface area contributed by atoms with Gasteiger partial charge in [-0.3, -0.25) is 9.59 Å². The average Bonchev–Trinajstić information content (AvgIpc) is 2.72. The number of Topliss-reactive ketones (excluding diaryl/α,β-unsaturated/α-hetero) is 1. The second-order valence-corrected chi connectivity index (χ2v) is 10.1. The van der Waals surface area contributed by atoms with E-state index in [0.717, 1.165) is 27.9 Å². The van der Waals surface area contributed by atoms with Crippen molar-refractivity contribution in [2.24, 2.45) is 5.41 Å². The Kier molecular flexibility index (Phi) is 5.99. The fourth-order valence-electron chi connectivity index (χ4n) is 4.70. The molecule has 0 saturated heterocycles. The number of ketones is 1. The lowest BCUT2D eigenvalue weighted by Crippen LogP contribution is -2.39. The van der Waals surface area contributed by atoms with E-state index in [-0.39, 0.29) is 17.1 Å². The van der Waals surface area contributed by atoms with Crippen molar-refractivity contribution in [2.45, 2.75) is 39.5 Å². The number of allylic oxidation sites excluding steroid dienone is 3. The van der Waals surface area contributed by atoms with E-state index in [1.807, 2.05) is 55.5 Å². The summed E-state index contributed by atoms with van der Waals surface area (Å²) in [5.74, 6) is -0.0564. The number of methoxy groups -OCH3 is 1. The Morgan fingerprint density at radius 2 is 1.88 bits per heavy atom. The van der Waals surface area contributed by atoms with Crippen LogP contribution in [0.3, 0.4) is 0 Å². The zero-order valence-corrected chi connectivity index (χ0v) is 20.3. The van der Waals surface area contributed by atoms with Crippen LogP contribution in [0.5, 0.6) is 5.75 Å². The number of hydrogen-bond donors (Lipinski definition) is 2. The standard InChI is InChI=1S/C26H27BrN2O3/c1-15-22(25(31)29-17-8-6-5-7-9-17)23(18-12-16(27)10-11-21(18)32-4)24-19(28-15)13-26(2,3)14-20(24)30/h5-12,23,28H,13-14H2,1-4H3,(H,29,31)/t23-/m0/s1. The Hall–Kier alpha value is -2.86. The molecule has 0 unspecified atom stereocenters. The van der Waals surface area contributed by atoms with Gasteiger partial charge in [0.2, 0.25) is 0 Å². The molecule has 0 fully saturated rings. The molecule has 4 rings (SSSR count). The first kappa shape index (κ1) is 22.3. The van der Waals surface area contributed by atoms with Crippen LogP contribution in [0.2, 0.25) is 0 Å². The van der Waals surface area contributed by atoms with E-state index in [0.29, 0.717) is 29.0 Å². The smallest absolute Gasteiger partial charge is 0.254 e. The summed E-state index contributed by atoms with van der Waals surface area (Å²) in [6, 6.07) is 15.0. The molecule has 2 aromatic carbocycles. The topological polar surface area (TPSA) is 67.4 Å². The summed E-state index contributed by atoms with van der Waals surface area (Å²) in [5.41, 5.74) is 4.18. The molecule has 2 aromatic rings. The van der Waals surface area contributed by atoms with Gasteiger partial charge in [0.05, 0.1) is 13.0 Å². The van der Waals surface area contributed by atoms with Gasteiger partial charge in [0, 0.05) is 44.7 Å². The van der Waals surface area contributed by atoms with Crippen molar-refractivity contribution in [3.63, 3.8) is 0 Å². The van der Waals surface area contributed by atoms with Gasteiger partial charge < -0.3 is 15.4 Å². The first-order valence-corrected chi connectivity index (χ1v) is 11.4. The summed E-state index contributed by atoms with van der Waals surface area (Å²) in [4.78, 5) is 27.0. The molecule has 1 heterocycles. The van der Waals surface area contributed by atoms with Gasteiger partial charge in [-0.25, -0.2) is 0 Å². The molecule has 32 heavy (non-hydrogen) atoms. The van der Waals surface area contributed by atoms with E-state index < -0.39 is 5.92 Å². The van der Waals surface area contributed by atoms with E-state index >= 15 is 0 Å². The first-order valence-electron chi connectivity index (χ1n) is 10.6. The zero-order valence-electron chi connectivity index (χ0n) is 18.7. The van der Waals surface area contributed by atoms with E-state index in [2.05, 4.69) is 40.4 Å². The Labute approximate surface area is 197 Å². The summed E-state index contributed by atoms with van der Waals surface area (Å²) in [6.07, 6.45) is 1.18. The second kappa shape index (κ2) is 8.58. The van der Waals surface area contributed by atoms with Crippen LogP contribution in [0.4, 0.5) is 5.69 Å². The molecule has 1 atom stereocenters. The van der Waals surface area contributed by atoms with Gasteiger partial charge in [0.1, 0.15) is 5.75 Å². The van der Waals surface area contributed by atoms with Crippen molar-refractivity contribution >= 4 is 33.3 Å². The summed E-state index contributed by atoms with van der Waals surface area (Å²) >= 11 is 3.55. The molecule has 0 bridgehead atoms. The number of benzene rings is 2. The fourth-order valence-corrected chi connectivity index (χ4v) is 5.08. The third kappa shape index (κ3) is 4.24. The van der Waals surface area contributed by atoms with Crippen LogP contribution in [0, 0.1) is 5.41 Å². The highest BCUT2D eigenvalue weighted by Crippen LogP contribution is 2.49. The van der Waals surface area contributed by atoms with Crippen LogP contribution < -0.4 is 15.4 Å². The number of nitrogens with one attached hydrogen (secondary N) is 2. The molecule has 2 N–H and O–H groups in total. The Morgan fingerprint density at radius 1 is 1.16 bits per heavy atom. The fraction of sp³-hybridized carbons (Fsp3) is 0.308. The minimum Gasteiger partial charge on any atom is -0.496 e. The Balaban J connectivity index is 1.88. The van der Waals surface area contributed by atoms with E-state index in [9.17, 15) is 9.59 Å². The summed E-state index contributed by atoms with van der Waals surface area (Å²) in [7, 11) is 1.61. The predicted octanol–water partition coefficient (Wildman–Crippen LogP) is 5.70. The molecular formula is C26H27BrN2O3. The van der Waals surface area contributed by atoms with Crippen molar-refractivity contribution in [3.05, 3.63) is 81.1 Å². The number of amides is 1. The van der Waals surface area contributed by atoms with E-state index in [1.165, 1.54) is 0 Å². The number of ether oxygens (including phenoxy) is 1. The Bertz CT molecular complexity index is 1150. The van der Waals surface area contributed by atoms with Crippen molar-refractivity contribution in [3.8, 4) is 5.75 Å². The summed E-state index contributed by atoms with van der Waals surface area (Å²) in [6.45, 7) is 6.09. The molecule has 0 spiro atoms. The number of carbonyl (C=O) groups is 2. The normalized spacial score (nSPS) is 19.9. The first-order chi connectivity index (χ1) is 15.2. The molecule has 166 valence electrons. The highest BCUT2D eigenvalue weighted by molar-refractivity contribution is 9.10. The van der Waals surface area contributed by atoms with Crippen LogP contribution in [-0.2, 0) is 9.59 Å². The Morgan fingerprint density at radius 3 is 2.56 bits per heavy atom. The van der Waals surface area contributed by atoms with E-state index in [1.54, 1.807) is 7.11 Å². The third-order valence-corrected chi connectivity index (χ3v) is 6.51. The highest BCUT2D eigenvalue weighted by Gasteiger charge is 2.43. The third-order valence-electron chi connectivity index (χ3n) is 6.02. The largest absolute Gasteiger partial charge is 0.496 e. The van der Waals surface area contributed by atoms with Gasteiger partial charge in [-0.05, 0) is 49.1 Å². The molecule has 2 aliphatic rings. The van der Waals surface area contributed by atoms with Crippen LogP contribution >= 0.6 is 15.9 Å². The van der Waals surface area contributed by atoms with Crippen molar-refractivity contribution in [1.29, 1.82) is 0 Å². The van der Waals surface area contributed by atoms with Crippen molar-refractivity contribution < 1.29 is 14.3 Å². The number of hydrogen-bond acceptors (Lipinski definition) is 4. The minimum absolute atomic E-state index is 0.0632.